The SMILES string of the molecule is CC(C)(CCCCl)CNC(=O)c1ccccc1OC(F)F. The van der Waals surface area contributed by atoms with Crippen molar-refractivity contribution in [2.24, 2.45) is 5.41 Å². The van der Waals surface area contributed by atoms with Crippen LogP contribution in [0.5, 0.6) is 5.75 Å². The Balaban J connectivity index is 2.67. The standard InChI is InChI=1S/C15H20ClF2NO2/c1-15(2,8-5-9-16)10-19-13(20)11-6-3-4-7-12(11)21-14(17)18/h3-4,6-7,14H,5,8-10H2,1-2H3,(H,19,20). The smallest absolute Gasteiger partial charge is 0.387 e. The van der Waals surface area contributed by atoms with E-state index in [-0.39, 0.29) is 16.7 Å². The third kappa shape index (κ3) is 6.29. The number of alkyl halides is 3. The molecule has 1 amide bonds. The average Bonchev–Trinajstić information content (AvgIpc) is 2.43. The van der Waals surface area contributed by atoms with Crippen LogP contribution in [0.15, 0.2) is 24.3 Å². The zero-order chi connectivity index (χ0) is 15.9. The Morgan fingerprint density at radius 1 is 1.38 bits per heavy atom. The number of carbonyl (C=O) groups is 1. The van der Waals surface area contributed by atoms with E-state index in [1.165, 1.54) is 12.1 Å². The largest absolute Gasteiger partial charge is 0.434 e. The molecule has 118 valence electrons. The van der Waals surface area contributed by atoms with Crippen molar-refractivity contribution in [3.63, 3.8) is 0 Å². The summed E-state index contributed by atoms with van der Waals surface area (Å²) in [6, 6.07) is 5.95. The molecule has 1 rings (SSSR count). The third-order valence-corrected chi connectivity index (χ3v) is 3.33. The highest BCUT2D eigenvalue weighted by molar-refractivity contribution is 6.17. The number of amides is 1. The number of carbonyl (C=O) groups excluding carboxylic acids is 1. The lowest BCUT2D eigenvalue weighted by Gasteiger charge is -2.24. The van der Waals surface area contributed by atoms with E-state index in [0.29, 0.717) is 12.4 Å². The van der Waals surface area contributed by atoms with Gasteiger partial charge >= 0.3 is 6.61 Å². The summed E-state index contributed by atoms with van der Waals surface area (Å²) in [4.78, 5) is 12.1. The quantitative estimate of drug-likeness (QED) is 0.734. The van der Waals surface area contributed by atoms with Crippen LogP contribution in [0.2, 0.25) is 0 Å². The van der Waals surface area contributed by atoms with E-state index in [1.807, 2.05) is 13.8 Å². The van der Waals surface area contributed by atoms with Crippen LogP contribution in [0.4, 0.5) is 8.78 Å². The Labute approximate surface area is 128 Å². The Hall–Kier alpha value is -1.36. The van der Waals surface area contributed by atoms with Crippen LogP contribution < -0.4 is 10.1 Å². The molecule has 0 fully saturated rings. The lowest BCUT2D eigenvalue weighted by molar-refractivity contribution is -0.0501. The molecule has 0 spiro atoms. The average molecular weight is 320 g/mol. The fraction of sp³-hybridized carbons (Fsp3) is 0.533. The van der Waals surface area contributed by atoms with Gasteiger partial charge in [0.05, 0.1) is 5.56 Å². The zero-order valence-corrected chi connectivity index (χ0v) is 12.9. The van der Waals surface area contributed by atoms with Crippen molar-refractivity contribution >= 4 is 17.5 Å². The zero-order valence-electron chi connectivity index (χ0n) is 12.2. The van der Waals surface area contributed by atoms with E-state index in [4.69, 9.17) is 11.6 Å². The Morgan fingerprint density at radius 2 is 2.05 bits per heavy atom. The van der Waals surface area contributed by atoms with Gasteiger partial charge in [-0.3, -0.25) is 4.79 Å². The molecule has 21 heavy (non-hydrogen) atoms. The minimum Gasteiger partial charge on any atom is -0.434 e. The third-order valence-electron chi connectivity index (χ3n) is 3.06. The highest BCUT2D eigenvalue weighted by atomic mass is 35.5. The number of rotatable bonds is 8. The van der Waals surface area contributed by atoms with Crippen molar-refractivity contribution in [2.45, 2.75) is 33.3 Å². The summed E-state index contributed by atoms with van der Waals surface area (Å²) in [6.45, 7) is 1.51. The van der Waals surface area contributed by atoms with Gasteiger partial charge in [0.15, 0.2) is 0 Å². The molecule has 0 aliphatic rings. The van der Waals surface area contributed by atoms with Gasteiger partial charge in [-0.15, -0.1) is 11.6 Å². The summed E-state index contributed by atoms with van der Waals surface area (Å²) in [5, 5.41) is 2.75. The Morgan fingerprint density at radius 3 is 2.67 bits per heavy atom. The summed E-state index contributed by atoms with van der Waals surface area (Å²) in [5.74, 6) is 0.0244. The summed E-state index contributed by atoms with van der Waals surface area (Å²) in [6.07, 6.45) is 1.72. The van der Waals surface area contributed by atoms with Gasteiger partial charge in [0.25, 0.3) is 5.91 Å². The molecule has 3 nitrogen and oxygen atoms in total. The van der Waals surface area contributed by atoms with Crippen LogP contribution in [0.25, 0.3) is 0 Å². The topological polar surface area (TPSA) is 38.3 Å². The first kappa shape index (κ1) is 17.7. The van der Waals surface area contributed by atoms with Crippen molar-refractivity contribution in [3.8, 4) is 5.75 Å². The van der Waals surface area contributed by atoms with E-state index >= 15 is 0 Å². The van der Waals surface area contributed by atoms with Crippen LogP contribution in [0, 0.1) is 5.41 Å². The van der Waals surface area contributed by atoms with E-state index < -0.39 is 12.5 Å². The molecular weight excluding hydrogens is 300 g/mol. The van der Waals surface area contributed by atoms with Crippen LogP contribution in [0.1, 0.15) is 37.0 Å². The van der Waals surface area contributed by atoms with Crippen molar-refractivity contribution in [1.29, 1.82) is 0 Å². The maximum Gasteiger partial charge on any atom is 0.387 e. The highest BCUT2D eigenvalue weighted by Crippen LogP contribution is 2.23. The normalized spacial score (nSPS) is 11.5. The highest BCUT2D eigenvalue weighted by Gasteiger charge is 2.20. The van der Waals surface area contributed by atoms with E-state index in [2.05, 4.69) is 10.1 Å². The molecule has 1 aromatic rings. The molecule has 0 heterocycles. The molecule has 6 heteroatoms. The predicted molar refractivity (Wildman–Crippen MR) is 79.1 cm³/mol. The molecule has 1 N–H and O–H groups in total. The van der Waals surface area contributed by atoms with Gasteiger partial charge in [-0.05, 0) is 30.4 Å². The van der Waals surface area contributed by atoms with Gasteiger partial charge in [-0.1, -0.05) is 26.0 Å². The number of halogens is 3. The molecule has 1 aromatic carbocycles. The maximum atomic E-state index is 12.3. The molecular formula is C15H20ClF2NO2. The molecule has 0 unspecified atom stereocenters. The lowest BCUT2D eigenvalue weighted by Crippen LogP contribution is -2.34. The van der Waals surface area contributed by atoms with Crippen LogP contribution in [-0.2, 0) is 0 Å². The van der Waals surface area contributed by atoms with Gasteiger partial charge in [0.2, 0.25) is 0 Å². The number of nitrogens with one attached hydrogen (secondary N) is 1. The van der Waals surface area contributed by atoms with Crippen LogP contribution >= 0.6 is 11.6 Å². The Bertz CT molecular complexity index is 467. The molecule has 0 aliphatic carbocycles. The molecule has 0 bridgehead atoms. The van der Waals surface area contributed by atoms with E-state index in [9.17, 15) is 13.6 Å². The number of benzene rings is 1. The number of para-hydroxylation sites is 1. The first-order chi connectivity index (χ1) is 9.85. The fourth-order valence-electron chi connectivity index (χ4n) is 1.90. The summed E-state index contributed by atoms with van der Waals surface area (Å²) < 4.78 is 29.0. The molecule has 0 aliphatic heterocycles. The molecule has 0 aromatic heterocycles. The second kappa shape index (κ2) is 8.17. The van der Waals surface area contributed by atoms with E-state index in [0.717, 1.165) is 12.8 Å². The number of hydrogen-bond donors (Lipinski definition) is 1. The monoisotopic (exact) mass is 319 g/mol. The first-order valence-corrected chi connectivity index (χ1v) is 7.27. The van der Waals surface area contributed by atoms with Crippen molar-refractivity contribution < 1.29 is 18.3 Å². The van der Waals surface area contributed by atoms with Gasteiger partial charge in [-0.25, -0.2) is 0 Å². The predicted octanol–water partition coefficient (Wildman–Crippen LogP) is 4.06. The Kier molecular flexibility index (Phi) is 6.89. The van der Waals surface area contributed by atoms with Gasteiger partial charge < -0.3 is 10.1 Å². The van der Waals surface area contributed by atoms with Crippen molar-refractivity contribution in [2.75, 3.05) is 12.4 Å². The number of hydrogen-bond acceptors (Lipinski definition) is 2. The van der Waals surface area contributed by atoms with Crippen molar-refractivity contribution in [1.82, 2.24) is 5.32 Å². The van der Waals surface area contributed by atoms with Gasteiger partial charge in [0.1, 0.15) is 5.75 Å². The summed E-state index contributed by atoms with van der Waals surface area (Å²) in [5.41, 5.74) is -0.00534. The second-order valence-corrected chi connectivity index (χ2v) is 5.89. The van der Waals surface area contributed by atoms with Gasteiger partial charge in [0, 0.05) is 12.4 Å². The maximum absolute atomic E-state index is 12.3. The minimum absolute atomic E-state index is 0.103. The van der Waals surface area contributed by atoms with E-state index in [1.54, 1.807) is 12.1 Å². The first-order valence-electron chi connectivity index (χ1n) is 6.74. The lowest BCUT2D eigenvalue weighted by atomic mass is 9.88. The van der Waals surface area contributed by atoms with Crippen molar-refractivity contribution in [3.05, 3.63) is 29.8 Å². The van der Waals surface area contributed by atoms with Crippen LogP contribution in [0.3, 0.4) is 0 Å². The molecule has 0 atom stereocenters. The second-order valence-electron chi connectivity index (χ2n) is 5.51. The summed E-state index contributed by atoms with van der Waals surface area (Å²) in [7, 11) is 0. The minimum atomic E-state index is -2.96. The molecule has 0 saturated heterocycles. The van der Waals surface area contributed by atoms with Gasteiger partial charge in [-0.2, -0.15) is 8.78 Å². The number of ether oxygens (including phenoxy) is 1. The fourth-order valence-corrected chi connectivity index (χ4v) is 2.04. The molecule has 0 radical (unpaired) electrons. The van der Waals surface area contributed by atoms with Crippen LogP contribution in [-0.4, -0.2) is 24.9 Å². The molecule has 0 saturated carbocycles. The summed E-state index contributed by atoms with van der Waals surface area (Å²) >= 11 is 5.66.